The molecule has 32 heavy (non-hydrogen) atoms. The first-order chi connectivity index (χ1) is 15.6. The summed E-state index contributed by atoms with van der Waals surface area (Å²) in [4.78, 5) is 23.6. The highest BCUT2D eigenvalue weighted by Crippen LogP contribution is 2.26. The lowest BCUT2D eigenvalue weighted by Gasteiger charge is -2.27. The van der Waals surface area contributed by atoms with Crippen LogP contribution in [0.15, 0.2) is 12.2 Å². The second kappa shape index (κ2) is 20.3. The molecule has 0 aromatic rings. The van der Waals surface area contributed by atoms with E-state index in [9.17, 15) is 9.59 Å². The molecule has 0 spiro atoms. The van der Waals surface area contributed by atoms with Crippen molar-refractivity contribution in [2.24, 2.45) is 5.92 Å². The van der Waals surface area contributed by atoms with Gasteiger partial charge in [-0.25, -0.2) is 9.59 Å². The molecule has 0 aromatic carbocycles. The zero-order valence-corrected chi connectivity index (χ0v) is 21.1. The molecular formula is C28H50O4. The van der Waals surface area contributed by atoms with Gasteiger partial charge in [-0.05, 0) is 31.6 Å². The number of hydrogen-bond donors (Lipinski definition) is 0. The summed E-state index contributed by atoms with van der Waals surface area (Å²) in [5, 5.41) is 0. The molecule has 0 bridgehead atoms. The van der Waals surface area contributed by atoms with E-state index in [-0.39, 0.29) is 6.10 Å². The first-order valence-corrected chi connectivity index (χ1v) is 13.7. The highest BCUT2D eigenvalue weighted by Gasteiger charge is 2.24. The Hall–Kier alpha value is -1.32. The van der Waals surface area contributed by atoms with Gasteiger partial charge in [-0.2, -0.15) is 0 Å². The van der Waals surface area contributed by atoms with Gasteiger partial charge in [0, 0.05) is 12.2 Å². The average Bonchev–Trinajstić information content (AvgIpc) is 2.79. The number of esters is 2. The van der Waals surface area contributed by atoms with Gasteiger partial charge in [0.05, 0.1) is 6.61 Å². The fourth-order valence-electron chi connectivity index (χ4n) is 4.48. The molecule has 0 aromatic heterocycles. The number of unbranched alkanes of at least 4 members (excludes halogenated alkanes) is 14. The van der Waals surface area contributed by atoms with E-state index in [1.807, 2.05) is 0 Å². The van der Waals surface area contributed by atoms with Crippen LogP contribution < -0.4 is 0 Å². The standard InChI is InChI=1S/C28H50O4/c1-3-4-5-6-7-8-9-10-11-12-13-14-15-16-19-24-31-27(29)22-23-28(30)32-26-21-18-17-20-25(26)2/h22-23,25-26H,3-21,24H2,1-2H3/b23-22+. The topological polar surface area (TPSA) is 52.6 Å². The number of ether oxygens (including phenoxy) is 2. The Kier molecular flexibility index (Phi) is 18.2. The van der Waals surface area contributed by atoms with Gasteiger partial charge in [-0.1, -0.05) is 110 Å². The van der Waals surface area contributed by atoms with Crippen molar-refractivity contribution in [1.82, 2.24) is 0 Å². The molecule has 1 saturated carbocycles. The number of carbonyl (C=O) groups excluding carboxylic acids is 2. The molecule has 2 unspecified atom stereocenters. The summed E-state index contributed by atoms with van der Waals surface area (Å²) in [6.45, 7) is 4.82. The van der Waals surface area contributed by atoms with Gasteiger partial charge in [-0.3, -0.25) is 0 Å². The highest BCUT2D eigenvalue weighted by atomic mass is 16.5. The molecule has 0 N–H and O–H groups in total. The van der Waals surface area contributed by atoms with Crippen LogP contribution in [0.2, 0.25) is 0 Å². The van der Waals surface area contributed by atoms with Crippen LogP contribution in [0.1, 0.15) is 136 Å². The van der Waals surface area contributed by atoms with Crippen LogP contribution in [-0.2, 0) is 19.1 Å². The summed E-state index contributed by atoms with van der Waals surface area (Å²) >= 11 is 0. The predicted octanol–water partition coefficient (Wildman–Crippen LogP) is 8.08. The molecule has 186 valence electrons. The smallest absolute Gasteiger partial charge is 0.331 e. The van der Waals surface area contributed by atoms with E-state index in [0.29, 0.717) is 12.5 Å². The van der Waals surface area contributed by atoms with E-state index in [0.717, 1.165) is 32.1 Å². The average molecular weight is 451 g/mol. The first-order valence-electron chi connectivity index (χ1n) is 13.7. The normalized spacial score (nSPS) is 18.7. The van der Waals surface area contributed by atoms with Gasteiger partial charge in [0.2, 0.25) is 0 Å². The monoisotopic (exact) mass is 450 g/mol. The van der Waals surface area contributed by atoms with Gasteiger partial charge in [0.1, 0.15) is 6.10 Å². The van der Waals surface area contributed by atoms with Crippen molar-refractivity contribution >= 4 is 11.9 Å². The Bertz CT molecular complexity index is 500. The summed E-state index contributed by atoms with van der Waals surface area (Å²) in [6.07, 6.45) is 26.4. The van der Waals surface area contributed by atoms with Crippen molar-refractivity contribution in [2.45, 2.75) is 142 Å². The minimum absolute atomic E-state index is 0.0164. The Labute approximate surface area is 197 Å². The molecule has 1 aliphatic carbocycles. The Balaban J connectivity index is 1.86. The largest absolute Gasteiger partial charge is 0.463 e. The van der Waals surface area contributed by atoms with Crippen LogP contribution in [0, 0.1) is 5.92 Å². The third-order valence-corrected chi connectivity index (χ3v) is 6.65. The quantitative estimate of drug-likeness (QED) is 0.113. The highest BCUT2D eigenvalue weighted by molar-refractivity contribution is 5.91. The molecule has 1 fully saturated rings. The molecule has 0 aliphatic heterocycles. The Morgan fingerprint density at radius 2 is 1.16 bits per heavy atom. The van der Waals surface area contributed by atoms with Gasteiger partial charge in [-0.15, -0.1) is 0 Å². The maximum atomic E-state index is 11.9. The SMILES string of the molecule is CCCCCCCCCCCCCCCCCOC(=O)/C=C/C(=O)OC1CCCCC1C. The van der Waals surface area contributed by atoms with E-state index in [1.165, 1.54) is 102 Å². The van der Waals surface area contributed by atoms with E-state index < -0.39 is 11.9 Å². The van der Waals surface area contributed by atoms with Crippen molar-refractivity contribution in [3.8, 4) is 0 Å². The van der Waals surface area contributed by atoms with Crippen molar-refractivity contribution in [1.29, 1.82) is 0 Å². The summed E-state index contributed by atoms with van der Waals surface area (Å²) in [7, 11) is 0. The molecule has 0 amide bonds. The van der Waals surface area contributed by atoms with Gasteiger partial charge in [0.15, 0.2) is 0 Å². The van der Waals surface area contributed by atoms with Gasteiger partial charge < -0.3 is 9.47 Å². The van der Waals surface area contributed by atoms with E-state index >= 15 is 0 Å². The zero-order valence-electron chi connectivity index (χ0n) is 21.1. The van der Waals surface area contributed by atoms with Crippen molar-refractivity contribution in [3.05, 3.63) is 12.2 Å². The van der Waals surface area contributed by atoms with Crippen molar-refractivity contribution in [3.63, 3.8) is 0 Å². The van der Waals surface area contributed by atoms with Gasteiger partial charge >= 0.3 is 11.9 Å². The predicted molar refractivity (Wildman–Crippen MR) is 133 cm³/mol. The fourth-order valence-corrected chi connectivity index (χ4v) is 4.48. The zero-order chi connectivity index (χ0) is 23.3. The summed E-state index contributed by atoms with van der Waals surface area (Å²) in [5.41, 5.74) is 0. The maximum Gasteiger partial charge on any atom is 0.331 e. The molecule has 0 heterocycles. The minimum atomic E-state index is -0.455. The van der Waals surface area contributed by atoms with E-state index in [1.54, 1.807) is 0 Å². The number of rotatable bonds is 19. The van der Waals surface area contributed by atoms with Crippen LogP contribution in [0.4, 0.5) is 0 Å². The summed E-state index contributed by atoms with van der Waals surface area (Å²) in [6, 6.07) is 0. The fraction of sp³-hybridized carbons (Fsp3) is 0.857. The Morgan fingerprint density at radius 3 is 1.69 bits per heavy atom. The van der Waals surface area contributed by atoms with Crippen LogP contribution in [0.5, 0.6) is 0 Å². The second-order valence-corrected chi connectivity index (χ2v) is 9.69. The molecule has 2 atom stereocenters. The third-order valence-electron chi connectivity index (χ3n) is 6.65. The second-order valence-electron chi connectivity index (χ2n) is 9.69. The molecule has 0 radical (unpaired) electrons. The maximum absolute atomic E-state index is 11.9. The lowest BCUT2D eigenvalue weighted by molar-refractivity contribution is -0.147. The molecule has 4 nitrogen and oxygen atoms in total. The van der Waals surface area contributed by atoms with Crippen LogP contribution in [0.25, 0.3) is 0 Å². The summed E-state index contributed by atoms with van der Waals surface area (Å²) in [5.74, 6) is -0.491. The lowest BCUT2D eigenvalue weighted by Crippen LogP contribution is -2.27. The molecule has 4 heteroatoms. The third kappa shape index (κ3) is 16.3. The minimum Gasteiger partial charge on any atom is -0.463 e. The van der Waals surface area contributed by atoms with Crippen LogP contribution in [-0.4, -0.2) is 24.6 Å². The Morgan fingerprint density at radius 1 is 0.688 bits per heavy atom. The summed E-state index contributed by atoms with van der Waals surface area (Å²) < 4.78 is 10.6. The van der Waals surface area contributed by atoms with Crippen molar-refractivity contribution < 1.29 is 19.1 Å². The van der Waals surface area contributed by atoms with E-state index in [4.69, 9.17) is 9.47 Å². The number of hydrogen-bond acceptors (Lipinski definition) is 4. The van der Waals surface area contributed by atoms with E-state index in [2.05, 4.69) is 13.8 Å². The lowest BCUT2D eigenvalue weighted by atomic mass is 9.88. The number of carbonyl (C=O) groups is 2. The first kappa shape index (κ1) is 28.7. The van der Waals surface area contributed by atoms with Crippen LogP contribution >= 0.6 is 0 Å². The van der Waals surface area contributed by atoms with Gasteiger partial charge in [0.25, 0.3) is 0 Å². The molecule has 0 saturated heterocycles. The molecular weight excluding hydrogens is 400 g/mol. The van der Waals surface area contributed by atoms with Crippen molar-refractivity contribution in [2.75, 3.05) is 6.61 Å². The molecule has 1 rings (SSSR count). The molecule has 1 aliphatic rings. The van der Waals surface area contributed by atoms with Crippen LogP contribution in [0.3, 0.4) is 0 Å².